The van der Waals surface area contributed by atoms with Gasteiger partial charge in [0, 0.05) is 50.0 Å². The summed E-state index contributed by atoms with van der Waals surface area (Å²) in [4.78, 5) is 2.70. The topological polar surface area (TPSA) is 33.1 Å². The lowest BCUT2D eigenvalue weighted by Crippen LogP contribution is -2.63. The van der Waals surface area contributed by atoms with Crippen molar-refractivity contribution in [3.05, 3.63) is 18.0 Å². The Morgan fingerprint density at radius 1 is 1.38 bits per heavy atom. The van der Waals surface area contributed by atoms with Gasteiger partial charge in [0.1, 0.15) is 0 Å². The number of nitrogens with one attached hydrogen (secondary N) is 1. The van der Waals surface area contributed by atoms with E-state index in [0.717, 1.165) is 25.6 Å². The molecule has 0 saturated carbocycles. The van der Waals surface area contributed by atoms with Crippen molar-refractivity contribution in [2.75, 3.05) is 13.1 Å². The van der Waals surface area contributed by atoms with Crippen LogP contribution in [0.1, 0.15) is 52.5 Å². The molecule has 1 aliphatic rings. The van der Waals surface area contributed by atoms with Crippen molar-refractivity contribution < 1.29 is 0 Å². The van der Waals surface area contributed by atoms with E-state index in [2.05, 4.69) is 49.2 Å². The number of aryl methyl sites for hydroxylation is 1. The summed E-state index contributed by atoms with van der Waals surface area (Å²) < 4.78 is 1.91. The van der Waals surface area contributed by atoms with Gasteiger partial charge in [-0.15, -0.1) is 0 Å². The van der Waals surface area contributed by atoms with Gasteiger partial charge in [0.15, 0.2) is 0 Å². The molecule has 1 aliphatic heterocycles. The highest BCUT2D eigenvalue weighted by atomic mass is 15.3. The maximum absolute atomic E-state index is 4.32. The SMILES string of the molecule is CCC1(CC)CNC(CC(C)C)CN1Cc1cnn(C)c1. The summed E-state index contributed by atoms with van der Waals surface area (Å²) in [6.07, 6.45) is 7.81. The number of rotatable bonds is 6. The minimum absolute atomic E-state index is 0.295. The number of piperazine rings is 1. The Balaban J connectivity index is 2.12. The fraction of sp³-hybridized carbons (Fsp3) is 0.824. The second-order valence-corrected chi connectivity index (χ2v) is 7.04. The van der Waals surface area contributed by atoms with Crippen molar-refractivity contribution in [1.82, 2.24) is 20.0 Å². The lowest BCUT2D eigenvalue weighted by Gasteiger charge is -2.50. The van der Waals surface area contributed by atoms with Gasteiger partial charge in [-0.25, -0.2) is 0 Å². The first-order chi connectivity index (χ1) is 9.99. The van der Waals surface area contributed by atoms with Gasteiger partial charge in [0.25, 0.3) is 0 Å². The first-order valence-corrected chi connectivity index (χ1v) is 8.45. The predicted molar refractivity (Wildman–Crippen MR) is 88.2 cm³/mol. The Bertz CT molecular complexity index is 434. The van der Waals surface area contributed by atoms with E-state index < -0.39 is 0 Å². The molecule has 0 amide bonds. The van der Waals surface area contributed by atoms with Crippen LogP contribution in [0.5, 0.6) is 0 Å². The maximum atomic E-state index is 4.32. The van der Waals surface area contributed by atoms with Gasteiger partial charge >= 0.3 is 0 Å². The molecule has 1 saturated heterocycles. The lowest BCUT2D eigenvalue weighted by molar-refractivity contribution is 0.0206. The van der Waals surface area contributed by atoms with Gasteiger partial charge in [-0.3, -0.25) is 9.58 Å². The highest BCUT2D eigenvalue weighted by Gasteiger charge is 2.38. The molecule has 120 valence electrons. The highest BCUT2D eigenvalue weighted by molar-refractivity contribution is 5.07. The van der Waals surface area contributed by atoms with E-state index in [1.54, 1.807) is 0 Å². The van der Waals surface area contributed by atoms with Gasteiger partial charge in [-0.1, -0.05) is 27.7 Å². The van der Waals surface area contributed by atoms with Crippen LogP contribution in [0.3, 0.4) is 0 Å². The van der Waals surface area contributed by atoms with Crippen molar-refractivity contribution in [3.63, 3.8) is 0 Å². The largest absolute Gasteiger partial charge is 0.311 e. The van der Waals surface area contributed by atoms with Gasteiger partial charge < -0.3 is 5.32 Å². The van der Waals surface area contributed by atoms with E-state index in [-0.39, 0.29) is 0 Å². The Morgan fingerprint density at radius 3 is 2.62 bits per heavy atom. The average molecular weight is 292 g/mol. The Labute approximate surface area is 129 Å². The zero-order valence-electron chi connectivity index (χ0n) is 14.4. The molecule has 0 radical (unpaired) electrons. The molecular formula is C17H32N4. The summed E-state index contributed by atoms with van der Waals surface area (Å²) in [7, 11) is 2.00. The molecule has 0 spiro atoms. The molecule has 21 heavy (non-hydrogen) atoms. The van der Waals surface area contributed by atoms with Crippen LogP contribution in [0.15, 0.2) is 12.4 Å². The van der Waals surface area contributed by atoms with Crippen molar-refractivity contribution in [2.24, 2.45) is 13.0 Å². The summed E-state index contributed by atoms with van der Waals surface area (Å²) in [6.45, 7) is 12.6. The van der Waals surface area contributed by atoms with E-state index in [1.807, 2.05) is 17.9 Å². The molecule has 2 rings (SSSR count). The molecule has 1 N–H and O–H groups in total. The third-order valence-electron chi connectivity index (χ3n) is 5.04. The van der Waals surface area contributed by atoms with E-state index in [0.29, 0.717) is 11.6 Å². The third kappa shape index (κ3) is 3.86. The summed E-state index contributed by atoms with van der Waals surface area (Å²) >= 11 is 0. The fourth-order valence-electron chi connectivity index (χ4n) is 3.65. The number of hydrogen-bond acceptors (Lipinski definition) is 3. The molecule has 0 bridgehead atoms. The minimum Gasteiger partial charge on any atom is -0.311 e. The maximum Gasteiger partial charge on any atom is 0.0534 e. The molecule has 0 aromatic carbocycles. The second-order valence-electron chi connectivity index (χ2n) is 7.04. The van der Waals surface area contributed by atoms with E-state index in [4.69, 9.17) is 0 Å². The summed E-state index contributed by atoms with van der Waals surface area (Å²) in [5, 5.41) is 8.12. The summed E-state index contributed by atoms with van der Waals surface area (Å²) in [6, 6.07) is 0.618. The Kier molecular flexibility index (Phi) is 5.44. The molecule has 2 heterocycles. The van der Waals surface area contributed by atoms with Crippen LogP contribution in [0.2, 0.25) is 0 Å². The zero-order chi connectivity index (χ0) is 15.5. The number of aromatic nitrogens is 2. The predicted octanol–water partition coefficient (Wildman–Crippen LogP) is 2.80. The number of nitrogens with zero attached hydrogens (tertiary/aromatic N) is 3. The Morgan fingerprint density at radius 2 is 2.10 bits per heavy atom. The molecule has 4 nitrogen and oxygen atoms in total. The average Bonchev–Trinajstić information content (AvgIpc) is 2.85. The molecule has 1 aromatic rings. The van der Waals surface area contributed by atoms with Gasteiger partial charge in [0.2, 0.25) is 0 Å². The van der Waals surface area contributed by atoms with Crippen LogP contribution in [-0.4, -0.2) is 39.4 Å². The quantitative estimate of drug-likeness (QED) is 0.875. The van der Waals surface area contributed by atoms with E-state index in [1.165, 1.54) is 24.8 Å². The van der Waals surface area contributed by atoms with Crippen molar-refractivity contribution in [2.45, 2.75) is 65.1 Å². The van der Waals surface area contributed by atoms with Crippen LogP contribution < -0.4 is 5.32 Å². The van der Waals surface area contributed by atoms with Crippen LogP contribution in [0, 0.1) is 5.92 Å². The first kappa shape index (κ1) is 16.5. The smallest absolute Gasteiger partial charge is 0.0534 e. The van der Waals surface area contributed by atoms with Crippen molar-refractivity contribution >= 4 is 0 Å². The van der Waals surface area contributed by atoms with Crippen LogP contribution in [-0.2, 0) is 13.6 Å². The molecular weight excluding hydrogens is 260 g/mol. The van der Waals surface area contributed by atoms with Gasteiger partial charge in [-0.2, -0.15) is 5.10 Å². The second kappa shape index (κ2) is 6.93. The number of hydrogen-bond donors (Lipinski definition) is 1. The standard InChI is InChI=1S/C17H32N4/c1-6-17(7-2)13-18-16(8-14(3)4)12-21(17)11-15-9-19-20(5)10-15/h9-10,14,16,18H,6-8,11-13H2,1-5H3. The normalized spacial score (nSPS) is 22.9. The van der Waals surface area contributed by atoms with Crippen molar-refractivity contribution in [3.8, 4) is 0 Å². The van der Waals surface area contributed by atoms with Crippen molar-refractivity contribution in [1.29, 1.82) is 0 Å². The zero-order valence-corrected chi connectivity index (χ0v) is 14.4. The van der Waals surface area contributed by atoms with Gasteiger partial charge in [-0.05, 0) is 25.2 Å². The molecule has 1 unspecified atom stereocenters. The van der Waals surface area contributed by atoms with E-state index in [9.17, 15) is 0 Å². The first-order valence-electron chi connectivity index (χ1n) is 8.45. The third-order valence-corrected chi connectivity index (χ3v) is 5.04. The molecule has 1 fully saturated rings. The van der Waals surface area contributed by atoms with Crippen LogP contribution >= 0.6 is 0 Å². The summed E-state index contributed by atoms with van der Waals surface area (Å²) in [5.74, 6) is 0.749. The minimum atomic E-state index is 0.295. The van der Waals surface area contributed by atoms with E-state index >= 15 is 0 Å². The highest BCUT2D eigenvalue weighted by Crippen LogP contribution is 2.29. The fourth-order valence-corrected chi connectivity index (χ4v) is 3.65. The molecule has 4 heteroatoms. The molecule has 0 aliphatic carbocycles. The Hall–Kier alpha value is -0.870. The van der Waals surface area contributed by atoms with Crippen LogP contribution in [0.4, 0.5) is 0 Å². The lowest BCUT2D eigenvalue weighted by atomic mass is 9.85. The summed E-state index contributed by atoms with van der Waals surface area (Å²) in [5.41, 5.74) is 1.62. The molecule has 1 atom stereocenters. The van der Waals surface area contributed by atoms with Crippen LogP contribution in [0.25, 0.3) is 0 Å². The monoisotopic (exact) mass is 292 g/mol. The molecule has 1 aromatic heterocycles. The van der Waals surface area contributed by atoms with Gasteiger partial charge in [0.05, 0.1) is 6.20 Å².